The molecule has 1 unspecified atom stereocenters. The molecule has 7 rings (SSSR count). The number of aryl methyl sites for hydroxylation is 2. The Kier molecular flexibility index (Phi) is 5.89. The van der Waals surface area contributed by atoms with Gasteiger partial charge in [-0.2, -0.15) is 0 Å². The lowest BCUT2D eigenvalue weighted by molar-refractivity contribution is 0.622. The fraction of sp³-hybridized carbons (Fsp3) is 0.158. The predicted octanol–water partition coefficient (Wildman–Crippen LogP) is 10.4. The standard InChI is InChI=1S/C38H31I/c1-24-4-13-31(14-5-24)38(32-15-6-25(2)7-16-32)36-20-26(3)8-18-34(36)35-19-12-29(23-37(35)38)28-10-9-27-11-17-33(39)22-30(27)21-28/h4-19,21-23,26H,20H2,1-3H3. The minimum absolute atomic E-state index is 0.312. The van der Waals surface area contributed by atoms with Crippen LogP contribution in [0.25, 0.3) is 27.5 Å². The van der Waals surface area contributed by atoms with E-state index in [1.165, 1.54) is 70.0 Å². The fourth-order valence-electron chi connectivity index (χ4n) is 6.73. The molecule has 2 aliphatic rings. The third-order valence-corrected chi connectivity index (χ3v) is 9.38. The Labute approximate surface area is 245 Å². The first-order valence-electron chi connectivity index (χ1n) is 13.8. The Morgan fingerprint density at radius 2 is 1.28 bits per heavy atom. The van der Waals surface area contributed by atoms with Gasteiger partial charge in [0.2, 0.25) is 0 Å². The SMILES string of the molecule is Cc1ccc(C2(c3ccc(C)cc3)C3=C(C=CC(C)C3)c3ccc(-c4ccc5ccc(I)cc5c4)cc32)cc1. The summed E-state index contributed by atoms with van der Waals surface area (Å²) in [6.07, 6.45) is 5.85. The molecule has 5 aromatic rings. The van der Waals surface area contributed by atoms with E-state index in [1.54, 1.807) is 0 Å². The van der Waals surface area contributed by atoms with Gasteiger partial charge in [-0.1, -0.05) is 109 Å². The average molecular weight is 615 g/mol. The van der Waals surface area contributed by atoms with Crippen LogP contribution in [0.15, 0.2) is 121 Å². The maximum atomic E-state index is 2.49. The molecule has 0 N–H and O–H groups in total. The Bertz CT molecular complexity index is 1750. The van der Waals surface area contributed by atoms with Crippen LogP contribution in [-0.4, -0.2) is 0 Å². The lowest BCUT2D eigenvalue weighted by Gasteiger charge is -2.37. The Hall–Kier alpha value is -3.43. The highest BCUT2D eigenvalue weighted by atomic mass is 127. The molecule has 190 valence electrons. The van der Waals surface area contributed by atoms with Crippen LogP contribution in [0.3, 0.4) is 0 Å². The van der Waals surface area contributed by atoms with Crippen molar-refractivity contribution in [3.63, 3.8) is 0 Å². The molecule has 0 aliphatic heterocycles. The maximum absolute atomic E-state index is 2.49. The lowest BCUT2D eigenvalue weighted by atomic mass is 9.64. The largest absolute Gasteiger partial charge is 0.0808 e. The van der Waals surface area contributed by atoms with Gasteiger partial charge in [0.05, 0.1) is 5.41 Å². The van der Waals surface area contributed by atoms with E-state index in [4.69, 9.17) is 0 Å². The van der Waals surface area contributed by atoms with Gasteiger partial charge in [0.1, 0.15) is 0 Å². The second-order valence-corrected chi connectivity index (χ2v) is 12.6. The van der Waals surface area contributed by atoms with Crippen LogP contribution in [0.2, 0.25) is 0 Å². The van der Waals surface area contributed by atoms with Crippen molar-refractivity contribution >= 4 is 38.9 Å². The molecule has 0 heterocycles. The highest BCUT2D eigenvalue weighted by Gasteiger charge is 2.48. The molecular formula is C38H31I. The summed E-state index contributed by atoms with van der Waals surface area (Å²) in [5, 5.41) is 2.57. The van der Waals surface area contributed by atoms with Crippen LogP contribution in [0.4, 0.5) is 0 Å². The van der Waals surface area contributed by atoms with Gasteiger partial charge in [0.25, 0.3) is 0 Å². The van der Waals surface area contributed by atoms with Crippen LogP contribution >= 0.6 is 22.6 Å². The summed E-state index contributed by atoms with van der Waals surface area (Å²) in [4.78, 5) is 0. The molecular weight excluding hydrogens is 583 g/mol. The third-order valence-electron chi connectivity index (χ3n) is 8.71. The highest BCUT2D eigenvalue weighted by molar-refractivity contribution is 14.1. The molecule has 0 saturated heterocycles. The van der Waals surface area contributed by atoms with Crippen molar-refractivity contribution in [2.45, 2.75) is 32.6 Å². The van der Waals surface area contributed by atoms with E-state index >= 15 is 0 Å². The smallest absolute Gasteiger partial charge is 0.0676 e. The number of rotatable bonds is 3. The summed E-state index contributed by atoms with van der Waals surface area (Å²) < 4.78 is 1.27. The molecule has 0 aromatic heterocycles. The molecule has 2 aliphatic carbocycles. The Balaban J connectivity index is 1.53. The summed E-state index contributed by atoms with van der Waals surface area (Å²) in [6.45, 7) is 6.71. The average Bonchev–Trinajstić information content (AvgIpc) is 3.23. The van der Waals surface area contributed by atoms with E-state index in [0.717, 1.165) is 6.42 Å². The van der Waals surface area contributed by atoms with E-state index in [2.05, 4.69) is 159 Å². The molecule has 39 heavy (non-hydrogen) atoms. The molecule has 0 nitrogen and oxygen atoms in total. The molecule has 0 fully saturated rings. The van der Waals surface area contributed by atoms with Gasteiger partial charge < -0.3 is 0 Å². The van der Waals surface area contributed by atoms with Gasteiger partial charge in [-0.15, -0.1) is 0 Å². The maximum Gasteiger partial charge on any atom is 0.0676 e. The second-order valence-electron chi connectivity index (χ2n) is 11.4. The van der Waals surface area contributed by atoms with E-state index in [9.17, 15) is 0 Å². The zero-order valence-electron chi connectivity index (χ0n) is 22.6. The molecule has 0 bridgehead atoms. The summed E-state index contributed by atoms with van der Waals surface area (Å²) in [7, 11) is 0. The topological polar surface area (TPSA) is 0 Å². The van der Waals surface area contributed by atoms with Gasteiger partial charge >= 0.3 is 0 Å². The van der Waals surface area contributed by atoms with Crippen LogP contribution < -0.4 is 0 Å². The molecule has 0 radical (unpaired) electrons. The van der Waals surface area contributed by atoms with Crippen molar-refractivity contribution in [3.8, 4) is 11.1 Å². The number of allylic oxidation sites excluding steroid dienone is 4. The van der Waals surface area contributed by atoms with Crippen molar-refractivity contribution < 1.29 is 0 Å². The first kappa shape index (κ1) is 24.6. The normalized spacial score (nSPS) is 17.4. The first-order chi connectivity index (χ1) is 18.9. The molecule has 1 atom stereocenters. The molecule has 5 aromatic carbocycles. The van der Waals surface area contributed by atoms with Gasteiger partial charge in [0.15, 0.2) is 0 Å². The van der Waals surface area contributed by atoms with Gasteiger partial charge in [-0.3, -0.25) is 0 Å². The van der Waals surface area contributed by atoms with Crippen molar-refractivity contribution in [2.24, 2.45) is 5.92 Å². The molecule has 0 saturated carbocycles. The van der Waals surface area contributed by atoms with Crippen LogP contribution in [0.1, 0.15) is 46.7 Å². The third kappa shape index (κ3) is 3.93. The van der Waals surface area contributed by atoms with Crippen molar-refractivity contribution in [1.82, 2.24) is 0 Å². The Morgan fingerprint density at radius 3 is 1.97 bits per heavy atom. The number of hydrogen-bond acceptors (Lipinski definition) is 0. The zero-order chi connectivity index (χ0) is 26.7. The van der Waals surface area contributed by atoms with Crippen LogP contribution in [0, 0.1) is 23.3 Å². The minimum atomic E-state index is -0.312. The van der Waals surface area contributed by atoms with E-state index < -0.39 is 0 Å². The quantitative estimate of drug-likeness (QED) is 0.178. The van der Waals surface area contributed by atoms with E-state index in [1.807, 2.05) is 0 Å². The summed E-state index contributed by atoms with van der Waals surface area (Å²) in [5.74, 6) is 0.510. The summed E-state index contributed by atoms with van der Waals surface area (Å²) in [6, 6.07) is 39.3. The summed E-state index contributed by atoms with van der Waals surface area (Å²) >= 11 is 2.41. The van der Waals surface area contributed by atoms with Crippen molar-refractivity contribution in [2.75, 3.05) is 0 Å². The van der Waals surface area contributed by atoms with E-state index in [0.29, 0.717) is 5.92 Å². The van der Waals surface area contributed by atoms with Gasteiger partial charge in [-0.25, -0.2) is 0 Å². The number of hydrogen-bond donors (Lipinski definition) is 0. The highest BCUT2D eigenvalue weighted by Crippen LogP contribution is 2.58. The molecule has 0 spiro atoms. The lowest BCUT2D eigenvalue weighted by Crippen LogP contribution is -2.31. The second kappa shape index (κ2) is 9.34. The molecule has 1 heteroatoms. The number of fused-ring (bicyclic) bond motifs is 3. The first-order valence-corrected chi connectivity index (χ1v) is 14.9. The van der Waals surface area contributed by atoms with Crippen LogP contribution in [0.5, 0.6) is 0 Å². The zero-order valence-corrected chi connectivity index (χ0v) is 24.8. The molecule has 0 amide bonds. The van der Waals surface area contributed by atoms with Gasteiger partial charge in [-0.05, 0) is 128 Å². The van der Waals surface area contributed by atoms with E-state index in [-0.39, 0.29) is 5.41 Å². The van der Waals surface area contributed by atoms with Crippen molar-refractivity contribution in [1.29, 1.82) is 0 Å². The monoisotopic (exact) mass is 614 g/mol. The Morgan fingerprint density at radius 1 is 0.667 bits per heavy atom. The summed E-state index contributed by atoms with van der Waals surface area (Å²) in [5.41, 5.74) is 13.2. The fourth-order valence-corrected chi connectivity index (χ4v) is 7.25. The number of halogens is 1. The van der Waals surface area contributed by atoms with Crippen LogP contribution in [-0.2, 0) is 5.41 Å². The van der Waals surface area contributed by atoms with Crippen molar-refractivity contribution in [3.05, 3.63) is 158 Å². The number of benzene rings is 5. The minimum Gasteiger partial charge on any atom is -0.0808 e. The predicted molar refractivity (Wildman–Crippen MR) is 174 cm³/mol. The van der Waals surface area contributed by atoms with Gasteiger partial charge in [0, 0.05) is 3.57 Å².